The zero-order valence-corrected chi connectivity index (χ0v) is 14.4. The van der Waals surface area contributed by atoms with Crippen LogP contribution in [0.3, 0.4) is 0 Å². The van der Waals surface area contributed by atoms with Gasteiger partial charge in [0.15, 0.2) is 0 Å². The topological polar surface area (TPSA) is 24.5 Å². The molecular formula is C17H25BrN2O. The fourth-order valence-electron chi connectivity index (χ4n) is 3.07. The maximum atomic E-state index is 5.84. The second kappa shape index (κ2) is 7.12. The summed E-state index contributed by atoms with van der Waals surface area (Å²) in [5.74, 6) is 0. The third-order valence-electron chi connectivity index (χ3n) is 4.32. The standard InChI is InChI=1S/C17H25BrN2O/c1-2-21-16-4-3-9-20(12-16)17-8-5-14(18)10-13(17)11-19-15-6-7-15/h5,8,10,15-16,19H,2-4,6-7,9,11-12H2,1H3. The van der Waals surface area contributed by atoms with E-state index in [0.29, 0.717) is 6.10 Å². The molecular weight excluding hydrogens is 328 g/mol. The van der Waals surface area contributed by atoms with E-state index < -0.39 is 0 Å². The highest BCUT2D eigenvalue weighted by Gasteiger charge is 2.24. The molecule has 1 saturated heterocycles. The molecule has 116 valence electrons. The normalized spacial score (nSPS) is 22.6. The van der Waals surface area contributed by atoms with Crippen LogP contribution in [0.25, 0.3) is 0 Å². The average molecular weight is 353 g/mol. The zero-order chi connectivity index (χ0) is 14.7. The Labute approximate surface area is 136 Å². The molecule has 1 aliphatic heterocycles. The second-order valence-corrected chi connectivity index (χ2v) is 7.01. The van der Waals surface area contributed by atoms with Crippen LogP contribution in [0.2, 0.25) is 0 Å². The van der Waals surface area contributed by atoms with Crippen LogP contribution in [0.5, 0.6) is 0 Å². The monoisotopic (exact) mass is 352 g/mol. The molecule has 21 heavy (non-hydrogen) atoms. The number of benzene rings is 1. The van der Waals surface area contributed by atoms with Gasteiger partial charge in [0.05, 0.1) is 6.10 Å². The average Bonchev–Trinajstić information content (AvgIpc) is 3.30. The van der Waals surface area contributed by atoms with Crippen LogP contribution < -0.4 is 10.2 Å². The molecule has 1 unspecified atom stereocenters. The molecule has 4 heteroatoms. The number of nitrogens with zero attached hydrogens (tertiary/aromatic N) is 1. The van der Waals surface area contributed by atoms with E-state index >= 15 is 0 Å². The SMILES string of the molecule is CCOC1CCCN(c2ccc(Br)cc2CNC2CC2)C1. The van der Waals surface area contributed by atoms with Crippen molar-refractivity contribution in [3.63, 3.8) is 0 Å². The third-order valence-corrected chi connectivity index (χ3v) is 4.81. The van der Waals surface area contributed by atoms with Crippen molar-refractivity contribution in [2.75, 3.05) is 24.6 Å². The molecule has 2 aliphatic rings. The molecule has 0 amide bonds. The fourth-order valence-corrected chi connectivity index (χ4v) is 3.48. The first-order valence-electron chi connectivity index (χ1n) is 8.14. The van der Waals surface area contributed by atoms with Gasteiger partial charge in [0.1, 0.15) is 0 Å². The lowest BCUT2D eigenvalue weighted by Gasteiger charge is -2.35. The van der Waals surface area contributed by atoms with Crippen molar-refractivity contribution >= 4 is 21.6 Å². The summed E-state index contributed by atoms with van der Waals surface area (Å²) < 4.78 is 7.00. The lowest BCUT2D eigenvalue weighted by atomic mass is 10.0. The summed E-state index contributed by atoms with van der Waals surface area (Å²) >= 11 is 3.61. The van der Waals surface area contributed by atoms with Gasteiger partial charge >= 0.3 is 0 Å². The summed E-state index contributed by atoms with van der Waals surface area (Å²) in [6.45, 7) is 6.03. The Balaban J connectivity index is 1.72. The summed E-state index contributed by atoms with van der Waals surface area (Å²) in [5.41, 5.74) is 2.77. The van der Waals surface area contributed by atoms with Gasteiger partial charge < -0.3 is 15.0 Å². The number of nitrogens with one attached hydrogen (secondary N) is 1. The molecule has 3 nitrogen and oxygen atoms in total. The van der Waals surface area contributed by atoms with Crippen molar-refractivity contribution in [3.8, 4) is 0 Å². The molecule has 1 heterocycles. The van der Waals surface area contributed by atoms with Gasteiger partial charge in [0.25, 0.3) is 0 Å². The Morgan fingerprint density at radius 1 is 1.33 bits per heavy atom. The predicted molar refractivity (Wildman–Crippen MR) is 90.9 cm³/mol. The first-order chi connectivity index (χ1) is 10.3. The van der Waals surface area contributed by atoms with E-state index in [1.807, 2.05) is 0 Å². The van der Waals surface area contributed by atoms with E-state index in [0.717, 1.165) is 36.8 Å². The van der Waals surface area contributed by atoms with Gasteiger partial charge in [-0.05, 0) is 56.4 Å². The number of hydrogen-bond acceptors (Lipinski definition) is 3. The molecule has 3 rings (SSSR count). The molecule has 2 fully saturated rings. The van der Waals surface area contributed by atoms with Crippen LogP contribution in [0.1, 0.15) is 38.2 Å². The van der Waals surface area contributed by atoms with Crippen LogP contribution >= 0.6 is 15.9 Å². The summed E-state index contributed by atoms with van der Waals surface area (Å²) in [6, 6.07) is 7.41. The second-order valence-electron chi connectivity index (χ2n) is 6.09. The van der Waals surface area contributed by atoms with Crippen molar-refractivity contribution in [2.24, 2.45) is 0 Å². The Morgan fingerprint density at radius 2 is 2.19 bits per heavy atom. The van der Waals surface area contributed by atoms with Gasteiger partial charge in [-0.1, -0.05) is 15.9 Å². The van der Waals surface area contributed by atoms with Crippen LogP contribution in [0.4, 0.5) is 5.69 Å². The Hall–Kier alpha value is -0.580. The molecule has 0 spiro atoms. The van der Waals surface area contributed by atoms with E-state index in [9.17, 15) is 0 Å². The molecule has 0 aromatic heterocycles. The third kappa shape index (κ3) is 4.21. The predicted octanol–water partition coefficient (Wildman–Crippen LogP) is 3.71. The maximum absolute atomic E-state index is 5.84. The number of ether oxygens (including phenoxy) is 1. The van der Waals surface area contributed by atoms with Gasteiger partial charge in [0.2, 0.25) is 0 Å². The van der Waals surface area contributed by atoms with Gasteiger partial charge in [0, 0.05) is 42.4 Å². The molecule has 1 N–H and O–H groups in total. The van der Waals surface area contributed by atoms with Gasteiger partial charge in [-0.3, -0.25) is 0 Å². The van der Waals surface area contributed by atoms with Crippen molar-refractivity contribution in [2.45, 2.75) is 51.3 Å². The summed E-state index contributed by atoms with van der Waals surface area (Å²) in [6.07, 6.45) is 5.46. The van der Waals surface area contributed by atoms with Crippen molar-refractivity contribution < 1.29 is 4.74 Å². The molecule has 1 aliphatic carbocycles. The first kappa shape index (κ1) is 15.3. The Kier molecular flexibility index (Phi) is 5.19. The summed E-state index contributed by atoms with van der Waals surface area (Å²) in [7, 11) is 0. The van der Waals surface area contributed by atoms with Gasteiger partial charge in [-0.25, -0.2) is 0 Å². The van der Waals surface area contributed by atoms with Crippen molar-refractivity contribution in [1.82, 2.24) is 5.32 Å². The molecule has 0 radical (unpaired) electrons. The van der Waals surface area contributed by atoms with E-state index in [-0.39, 0.29) is 0 Å². The number of hydrogen-bond donors (Lipinski definition) is 1. The minimum atomic E-state index is 0.386. The molecule has 1 atom stereocenters. The quantitative estimate of drug-likeness (QED) is 0.844. The number of halogens is 1. The summed E-state index contributed by atoms with van der Waals surface area (Å²) in [5, 5.41) is 3.64. The van der Waals surface area contributed by atoms with Crippen LogP contribution in [-0.2, 0) is 11.3 Å². The van der Waals surface area contributed by atoms with Crippen LogP contribution in [0.15, 0.2) is 22.7 Å². The maximum Gasteiger partial charge on any atom is 0.0750 e. The largest absolute Gasteiger partial charge is 0.377 e. The molecule has 1 saturated carbocycles. The van der Waals surface area contributed by atoms with E-state index in [4.69, 9.17) is 4.74 Å². The van der Waals surface area contributed by atoms with E-state index in [2.05, 4.69) is 51.3 Å². The highest BCUT2D eigenvalue weighted by Crippen LogP contribution is 2.29. The fraction of sp³-hybridized carbons (Fsp3) is 0.647. The van der Waals surface area contributed by atoms with E-state index in [1.165, 1.54) is 36.9 Å². The zero-order valence-electron chi connectivity index (χ0n) is 12.8. The number of rotatable bonds is 6. The molecule has 0 bridgehead atoms. The van der Waals surface area contributed by atoms with Crippen LogP contribution in [-0.4, -0.2) is 31.8 Å². The van der Waals surface area contributed by atoms with Gasteiger partial charge in [-0.2, -0.15) is 0 Å². The smallest absolute Gasteiger partial charge is 0.0750 e. The van der Waals surface area contributed by atoms with Crippen molar-refractivity contribution in [3.05, 3.63) is 28.2 Å². The number of anilines is 1. The highest BCUT2D eigenvalue weighted by molar-refractivity contribution is 9.10. The Morgan fingerprint density at radius 3 is 2.95 bits per heavy atom. The number of piperidine rings is 1. The van der Waals surface area contributed by atoms with Crippen LogP contribution in [0, 0.1) is 0 Å². The minimum Gasteiger partial charge on any atom is -0.377 e. The highest BCUT2D eigenvalue weighted by atomic mass is 79.9. The molecule has 1 aromatic carbocycles. The van der Waals surface area contributed by atoms with Gasteiger partial charge in [-0.15, -0.1) is 0 Å². The molecule has 1 aromatic rings. The summed E-state index contributed by atoms with van der Waals surface area (Å²) in [4.78, 5) is 2.50. The lowest BCUT2D eigenvalue weighted by Crippen LogP contribution is -2.40. The van der Waals surface area contributed by atoms with Crippen molar-refractivity contribution in [1.29, 1.82) is 0 Å². The Bertz CT molecular complexity index is 474. The lowest BCUT2D eigenvalue weighted by molar-refractivity contribution is 0.0526. The minimum absolute atomic E-state index is 0.386. The van der Waals surface area contributed by atoms with E-state index in [1.54, 1.807) is 0 Å². The first-order valence-corrected chi connectivity index (χ1v) is 8.94.